The number of nitrogens with zero attached hydrogens (tertiary/aromatic N) is 1. The Kier molecular flexibility index (Phi) is 5.37. The smallest absolute Gasteiger partial charge is 0.230 e. The molecule has 0 aliphatic carbocycles. The predicted molar refractivity (Wildman–Crippen MR) is 132 cm³/mol. The van der Waals surface area contributed by atoms with Gasteiger partial charge in [-0.25, -0.2) is 0 Å². The molecule has 35 heavy (non-hydrogen) atoms. The van der Waals surface area contributed by atoms with Gasteiger partial charge < -0.3 is 24.7 Å². The van der Waals surface area contributed by atoms with Crippen molar-refractivity contribution in [1.29, 1.82) is 0 Å². The highest BCUT2D eigenvalue weighted by Gasteiger charge is 2.66. The van der Waals surface area contributed by atoms with Gasteiger partial charge in [-0.1, -0.05) is 42.5 Å². The van der Waals surface area contributed by atoms with Gasteiger partial charge in [0.2, 0.25) is 11.8 Å². The molecule has 3 aliphatic rings. The summed E-state index contributed by atoms with van der Waals surface area (Å²) in [7, 11) is 1.64. The standard InChI is InChI=1S/C28H29N3O4/c1-34-20-8-6-18(7-9-20)11-14-29-26(32)24-23-10-13-28(35-23)17-31(27(33)25(24)28)15-12-19-16-30-22-5-3-2-4-21(19)22/h2-10,13,16,23-25,30H,11-12,14-15,17H2,1H3,(H,29,32)/t23-,24+,25-,28-/m1/s1. The van der Waals surface area contributed by atoms with Crippen molar-refractivity contribution in [2.75, 3.05) is 26.7 Å². The van der Waals surface area contributed by atoms with Gasteiger partial charge in [-0.05, 0) is 42.2 Å². The van der Waals surface area contributed by atoms with Gasteiger partial charge in [0, 0.05) is 30.2 Å². The molecule has 2 fully saturated rings. The molecule has 2 aromatic carbocycles. The highest BCUT2D eigenvalue weighted by Crippen LogP contribution is 2.51. The number of carbonyl (C=O) groups excluding carboxylic acids is 2. The number of aromatic amines is 1. The van der Waals surface area contributed by atoms with E-state index in [1.54, 1.807) is 7.11 Å². The maximum absolute atomic E-state index is 13.5. The molecule has 2 bridgehead atoms. The van der Waals surface area contributed by atoms with Crippen LogP contribution in [0.2, 0.25) is 0 Å². The molecule has 0 radical (unpaired) electrons. The Morgan fingerprint density at radius 1 is 1.20 bits per heavy atom. The normalized spacial score (nSPS) is 26.5. The largest absolute Gasteiger partial charge is 0.497 e. The highest BCUT2D eigenvalue weighted by molar-refractivity contribution is 5.93. The van der Waals surface area contributed by atoms with Crippen LogP contribution in [0.1, 0.15) is 11.1 Å². The molecule has 2 N–H and O–H groups in total. The van der Waals surface area contributed by atoms with Crippen LogP contribution in [0.15, 0.2) is 66.9 Å². The SMILES string of the molecule is COc1ccc(CCNC(=O)[C@H]2[C@H]3C=C[C@]4(CN(CCc5c[nH]c6ccccc56)C(=O)[C@@H]24)O3)cc1. The summed E-state index contributed by atoms with van der Waals surface area (Å²) >= 11 is 0. The van der Waals surface area contributed by atoms with Crippen molar-refractivity contribution in [1.82, 2.24) is 15.2 Å². The summed E-state index contributed by atoms with van der Waals surface area (Å²) in [5.41, 5.74) is 2.73. The number of nitrogens with one attached hydrogen (secondary N) is 2. The van der Waals surface area contributed by atoms with E-state index in [1.807, 2.05) is 59.6 Å². The quantitative estimate of drug-likeness (QED) is 0.495. The number of hydrogen-bond acceptors (Lipinski definition) is 4. The van der Waals surface area contributed by atoms with Crippen molar-refractivity contribution in [2.24, 2.45) is 11.8 Å². The number of benzene rings is 2. The molecular formula is C28H29N3O4. The molecule has 4 heterocycles. The molecule has 7 nitrogen and oxygen atoms in total. The van der Waals surface area contributed by atoms with Crippen LogP contribution in [-0.4, -0.2) is 60.1 Å². The molecule has 2 saturated heterocycles. The van der Waals surface area contributed by atoms with E-state index >= 15 is 0 Å². The fraction of sp³-hybridized carbons (Fsp3) is 0.357. The minimum Gasteiger partial charge on any atom is -0.497 e. The predicted octanol–water partition coefficient (Wildman–Crippen LogP) is 2.86. The Morgan fingerprint density at radius 2 is 2.03 bits per heavy atom. The van der Waals surface area contributed by atoms with E-state index in [0.29, 0.717) is 26.1 Å². The van der Waals surface area contributed by atoms with Crippen LogP contribution >= 0.6 is 0 Å². The molecule has 0 unspecified atom stereocenters. The Balaban J connectivity index is 1.10. The van der Waals surface area contributed by atoms with Crippen molar-refractivity contribution in [3.05, 3.63) is 78.0 Å². The van der Waals surface area contributed by atoms with Crippen LogP contribution in [0.3, 0.4) is 0 Å². The first kappa shape index (κ1) is 21.9. The van der Waals surface area contributed by atoms with Crippen LogP contribution in [0.4, 0.5) is 0 Å². The van der Waals surface area contributed by atoms with E-state index in [1.165, 1.54) is 10.9 Å². The number of aromatic nitrogens is 1. The first-order valence-corrected chi connectivity index (χ1v) is 12.2. The number of methoxy groups -OCH3 is 1. The van der Waals surface area contributed by atoms with Gasteiger partial charge in [0.1, 0.15) is 11.4 Å². The summed E-state index contributed by atoms with van der Waals surface area (Å²) in [5, 5.41) is 4.23. The van der Waals surface area contributed by atoms with Gasteiger partial charge >= 0.3 is 0 Å². The molecule has 3 aromatic rings. The molecule has 6 rings (SSSR count). The lowest BCUT2D eigenvalue weighted by atomic mass is 9.77. The number of H-pyrrole nitrogens is 1. The minimum atomic E-state index is -0.681. The Bertz CT molecular complexity index is 1300. The maximum atomic E-state index is 13.5. The molecule has 2 amide bonds. The summed E-state index contributed by atoms with van der Waals surface area (Å²) in [6.07, 6.45) is 7.12. The highest BCUT2D eigenvalue weighted by atomic mass is 16.5. The molecule has 0 saturated carbocycles. The van der Waals surface area contributed by atoms with E-state index in [0.717, 1.165) is 23.3 Å². The Labute approximate surface area is 204 Å². The van der Waals surface area contributed by atoms with E-state index in [2.05, 4.69) is 22.4 Å². The molecule has 1 aromatic heterocycles. The summed E-state index contributed by atoms with van der Waals surface area (Å²) < 4.78 is 11.5. The topological polar surface area (TPSA) is 83.7 Å². The second kappa shape index (κ2) is 8.57. The second-order valence-corrected chi connectivity index (χ2v) is 9.66. The number of carbonyl (C=O) groups is 2. The summed E-state index contributed by atoms with van der Waals surface area (Å²) in [4.78, 5) is 31.8. The van der Waals surface area contributed by atoms with Gasteiger partial charge in [-0.2, -0.15) is 0 Å². The van der Waals surface area contributed by atoms with Crippen molar-refractivity contribution in [3.63, 3.8) is 0 Å². The fourth-order valence-corrected chi connectivity index (χ4v) is 5.90. The zero-order valence-electron chi connectivity index (χ0n) is 19.7. The fourth-order valence-electron chi connectivity index (χ4n) is 5.90. The lowest BCUT2D eigenvalue weighted by molar-refractivity contribution is -0.137. The Hall–Kier alpha value is -3.58. The van der Waals surface area contributed by atoms with Gasteiger partial charge in [-0.3, -0.25) is 9.59 Å². The number of para-hydroxylation sites is 1. The summed E-state index contributed by atoms with van der Waals surface area (Å²) in [6.45, 7) is 1.62. The zero-order valence-corrected chi connectivity index (χ0v) is 19.7. The van der Waals surface area contributed by atoms with Gasteiger partial charge in [0.05, 0.1) is 31.6 Å². The van der Waals surface area contributed by atoms with E-state index < -0.39 is 17.4 Å². The third-order valence-electron chi connectivity index (χ3n) is 7.68. The van der Waals surface area contributed by atoms with Gasteiger partial charge in [-0.15, -0.1) is 0 Å². The minimum absolute atomic E-state index is 0.0204. The van der Waals surface area contributed by atoms with Gasteiger partial charge in [0.25, 0.3) is 0 Å². The monoisotopic (exact) mass is 471 g/mol. The van der Waals surface area contributed by atoms with Crippen molar-refractivity contribution in [2.45, 2.75) is 24.5 Å². The summed E-state index contributed by atoms with van der Waals surface area (Å²) in [6, 6.07) is 16.0. The Morgan fingerprint density at radius 3 is 2.86 bits per heavy atom. The molecule has 1 spiro atoms. The number of likely N-dealkylation sites (tertiary alicyclic amines) is 1. The van der Waals surface area contributed by atoms with Crippen LogP contribution in [0.25, 0.3) is 10.9 Å². The third kappa shape index (κ3) is 3.71. The van der Waals surface area contributed by atoms with Crippen molar-refractivity contribution in [3.8, 4) is 5.75 Å². The first-order chi connectivity index (χ1) is 17.1. The van der Waals surface area contributed by atoms with Crippen LogP contribution in [0.5, 0.6) is 5.75 Å². The van der Waals surface area contributed by atoms with Gasteiger partial charge in [0.15, 0.2) is 0 Å². The van der Waals surface area contributed by atoms with E-state index in [4.69, 9.17) is 9.47 Å². The average Bonchev–Trinajstić information content (AvgIpc) is 3.63. The lowest BCUT2D eigenvalue weighted by Crippen LogP contribution is -2.44. The number of hydrogen-bond donors (Lipinski definition) is 2. The van der Waals surface area contributed by atoms with Crippen LogP contribution in [-0.2, 0) is 27.2 Å². The first-order valence-electron chi connectivity index (χ1n) is 12.2. The number of ether oxygens (including phenoxy) is 2. The van der Waals surface area contributed by atoms with Crippen LogP contribution < -0.4 is 10.1 Å². The number of rotatable bonds is 8. The van der Waals surface area contributed by atoms with E-state index in [-0.39, 0.29) is 17.9 Å². The zero-order chi connectivity index (χ0) is 24.0. The molecule has 180 valence electrons. The number of fused-ring (bicyclic) bond motifs is 2. The number of amides is 2. The summed E-state index contributed by atoms with van der Waals surface area (Å²) in [5.74, 6) is -0.218. The molecule has 3 aliphatic heterocycles. The van der Waals surface area contributed by atoms with Crippen molar-refractivity contribution < 1.29 is 19.1 Å². The average molecular weight is 472 g/mol. The molecular weight excluding hydrogens is 442 g/mol. The molecule has 4 atom stereocenters. The van der Waals surface area contributed by atoms with Crippen LogP contribution in [0, 0.1) is 11.8 Å². The van der Waals surface area contributed by atoms with E-state index in [9.17, 15) is 9.59 Å². The third-order valence-corrected chi connectivity index (χ3v) is 7.68. The lowest BCUT2D eigenvalue weighted by Gasteiger charge is -2.23. The van der Waals surface area contributed by atoms with Crippen molar-refractivity contribution >= 4 is 22.7 Å². The molecule has 7 heteroatoms. The second-order valence-electron chi connectivity index (χ2n) is 9.66. The maximum Gasteiger partial charge on any atom is 0.230 e.